The maximum Gasteiger partial charge on any atom is 0.147 e. The fraction of sp³-hybridized carbons (Fsp3) is 0.100. The highest BCUT2D eigenvalue weighted by Crippen LogP contribution is 2.36. The van der Waals surface area contributed by atoms with Crippen molar-refractivity contribution < 1.29 is 9.13 Å². The van der Waals surface area contributed by atoms with Gasteiger partial charge in [-0.2, -0.15) is 5.10 Å². The summed E-state index contributed by atoms with van der Waals surface area (Å²) >= 11 is 5.86. The van der Waals surface area contributed by atoms with Crippen molar-refractivity contribution in [3.63, 3.8) is 0 Å². The molecule has 0 unspecified atom stereocenters. The van der Waals surface area contributed by atoms with Crippen LogP contribution < -0.4 is 10.5 Å². The molecule has 0 amide bonds. The van der Waals surface area contributed by atoms with Crippen molar-refractivity contribution in [2.75, 3.05) is 12.8 Å². The third-order valence-electron chi connectivity index (χ3n) is 2.10. The molecule has 2 aromatic rings. The molecule has 1 aromatic heterocycles. The molecule has 0 fully saturated rings. The molecule has 0 aliphatic heterocycles. The van der Waals surface area contributed by atoms with Crippen molar-refractivity contribution in [3.8, 4) is 17.0 Å². The number of benzene rings is 1. The SMILES string of the molecule is COc1c(Cl)cc(F)cc1-c1cc(N)n[nH]1. The molecule has 0 aliphatic carbocycles. The zero-order chi connectivity index (χ0) is 11.7. The van der Waals surface area contributed by atoms with Gasteiger partial charge in [0.1, 0.15) is 17.4 Å². The van der Waals surface area contributed by atoms with Crippen molar-refractivity contribution in [2.24, 2.45) is 0 Å². The van der Waals surface area contributed by atoms with Gasteiger partial charge in [-0.25, -0.2) is 4.39 Å². The van der Waals surface area contributed by atoms with Gasteiger partial charge in [0.05, 0.1) is 17.8 Å². The van der Waals surface area contributed by atoms with E-state index in [0.29, 0.717) is 22.8 Å². The van der Waals surface area contributed by atoms with E-state index in [1.165, 1.54) is 19.2 Å². The normalized spacial score (nSPS) is 10.4. The van der Waals surface area contributed by atoms with Crippen molar-refractivity contribution in [1.29, 1.82) is 0 Å². The van der Waals surface area contributed by atoms with Gasteiger partial charge in [-0.1, -0.05) is 11.6 Å². The number of ether oxygens (including phenoxy) is 1. The van der Waals surface area contributed by atoms with Crippen LogP contribution in [0.4, 0.5) is 10.2 Å². The highest BCUT2D eigenvalue weighted by Gasteiger charge is 2.13. The van der Waals surface area contributed by atoms with Crippen LogP contribution in [0.3, 0.4) is 0 Å². The van der Waals surface area contributed by atoms with Gasteiger partial charge in [-0.3, -0.25) is 5.10 Å². The first-order valence-electron chi connectivity index (χ1n) is 4.46. The van der Waals surface area contributed by atoms with E-state index in [9.17, 15) is 4.39 Å². The minimum Gasteiger partial charge on any atom is -0.494 e. The van der Waals surface area contributed by atoms with E-state index < -0.39 is 5.82 Å². The van der Waals surface area contributed by atoms with E-state index in [1.807, 2.05) is 0 Å². The zero-order valence-electron chi connectivity index (χ0n) is 8.42. The number of H-pyrrole nitrogens is 1. The summed E-state index contributed by atoms with van der Waals surface area (Å²) in [7, 11) is 1.46. The number of nitrogen functional groups attached to an aromatic ring is 1. The van der Waals surface area contributed by atoms with E-state index >= 15 is 0 Å². The van der Waals surface area contributed by atoms with Crippen LogP contribution in [0.5, 0.6) is 5.75 Å². The standard InChI is InChI=1S/C10H9ClFN3O/c1-16-10-6(2-5(12)3-7(10)11)8-4-9(13)15-14-8/h2-4H,1H3,(H3,13,14,15). The number of aromatic nitrogens is 2. The zero-order valence-corrected chi connectivity index (χ0v) is 9.18. The van der Waals surface area contributed by atoms with Gasteiger partial charge >= 0.3 is 0 Å². The van der Waals surface area contributed by atoms with Gasteiger partial charge in [0, 0.05) is 11.6 Å². The monoisotopic (exact) mass is 241 g/mol. The van der Waals surface area contributed by atoms with Gasteiger partial charge in [-0.15, -0.1) is 0 Å². The maximum atomic E-state index is 13.2. The molecule has 0 radical (unpaired) electrons. The Morgan fingerprint density at radius 2 is 2.19 bits per heavy atom. The smallest absolute Gasteiger partial charge is 0.147 e. The summed E-state index contributed by atoms with van der Waals surface area (Å²) in [5.74, 6) is 0.248. The quantitative estimate of drug-likeness (QED) is 0.849. The third kappa shape index (κ3) is 1.81. The topological polar surface area (TPSA) is 63.9 Å². The fourth-order valence-corrected chi connectivity index (χ4v) is 1.73. The minimum absolute atomic E-state index is 0.200. The lowest BCUT2D eigenvalue weighted by Gasteiger charge is -2.08. The van der Waals surface area contributed by atoms with Crippen LogP contribution in [0.1, 0.15) is 0 Å². The molecule has 0 aliphatic rings. The van der Waals surface area contributed by atoms with Crippen LogP contribution >= 0.6 is 11.6 Å². The fourth-order valence-electron chi connectivity index (χ4n) is 1.44. The molecule has 0 saturated heterocycles. The first-order valence-corrected chi connectivity index (χ1v) is 4.84. The number of hydrogen-bond donors (Lipinski definition) is 2. The van der Waals surface area contributed by atoms with Crippen LogP contribution in [-0.4, -0.2) is 17.3 Å². The van der Waals surface area contributed by atoms with Crippen LogP contribution in [-0.2, 0) is 0 Å². The van der Waals surface area contributed by atoms with Crippen LogP contribution in [0.15, 0.2) is 18.2 Å². The van der Waals surface area contributed by atoms with Crippen molar-refractivity contribution in [1.82, 2.24) is 10.2 Å². The van der Waals surface area contributed by atoms with Crippen LogP contribution in [0.25, 0.3) is 11.3 Å². The molecule has 2 rings (SSSR count). The minimum atomic E-state index is -0.450. The second-order valence-electron chi connectivity index (χ2n) is 3.17. The Morgan fingerprint density at radius 1 is 1.44 bits per heavy atom. The summed E-state index contributed by atoms with van der Waals surface area (Å²) in [6.07, 6.45) is 0. The second-order valence-corrected chi connectivity index (χ2v) is 3.58. The van der Waals surface area contributed by atoms with E-state index in [0.717, 1.165) is 0 Å². The molecular weight excluding hydrogens is 233 g/mol. The van der Waals surface area contributed by atoms with E-state index in [1.54, 1.807) is 6.07 Å². The molecule has 0 spiro atoms. The molecule has 3 N–H and O–H groups in total. The van der Waals surface area contributed by atoms with Gasteiger partial charge in [0.25, 0.3) is 0 Å². The van der Waals surface area contributed by atoms with Crippen molar-refractivity contribution in [3.05, 3.63) is 29.0 Å². The Morgan fingerprint density at radius 3 is 2.75 bits per heavy atom. The molecule has 0 bridgehead atoms. The number of rotatable bonds is 2. The Balaban J connectivity index is 2.63. The molecule has 1 aromatic carbocycles. The number of hydrogen-bond acceptors (Lipinski definition) is 3. The van der Waals surface area contributed by atoms with Gasteiger partial charge in [0.2, 0.25) is 0 Å². The summed E-state index contributed by atoms with van der Waals surface area (Å²) < 4.78 is 18.3. The predicted octanol–water partition coefficient (Wildman–Crippen LogP) is 2.46. The lowest BCUT2D eigenvalue weighted by molar-refractivity contribution is 0.415. The Bertz CT molecular complexity index is 527. The predicted molar refractivity (Wildman–Crippen MR) is 60.0 cm³/mol. The van der Waals surface area contributed by atoms with Crippen molar-refractivity contribution in [2.45, 2.75) is 0 Å². The average molecular weight is 242 g/mol. The van der Waals surface area contributed by atoms with Gasteiger partial charge in [0.15, 0.2) is 0 Å². The lowest BCUT2D eigenvalue weighted by Crippen LogP contribution is -1.91. The second kappa shape index (κ2) is 4.02. The third-order valence-corrected chi connectivity index (χ3v) is 2.38. The summed E-state index contributed by atoms with van der Waals surface area (Å²) in [4.78, 5) is 0. The van der Waals surface area contributed by atoms with E-state index in [4.69, 9.17) is 22.1 Å². The number of methoxy groups -OCH3 is 1. The summed E-state index contributed by atoms with van der Waals surface area (Å²) in [5.41, 5.74) is 6.51. The number of halogens is 2. The summed E-state index contributed by atoms with van der Waals surface area (Å²) in [6, 6.07) is 4.06. The first-order chi connectivity index (χ1) is 7.61. The number of nitrogens with one attached hydrogen (secondary N) is 1. The molecule has 6 heteroatoms. The highest BCUT2D eigenvalue weighted by atomic mass is 35.5. The van der Waals surface area contributed by atoms with E-state index in [-0.39, 0.29) is 5.02 Å². The summed E-state index contributed by atoms with van der Waals surface area (Å²) in [6.45, 7) is 0. The number of nitrogens with zero attached hydrogens (tertiary/aromatic N) is 1. The highest BCUT2D eigenvalue weighted by molar-refractivity contribution is 6.32. The molecule has 84 valence electrons. The van der Waals surface area contributed by atoms with Crippen LogP contribution in [0.2, 0.25) is 5.02 Å². The molecule has 0 saturated carbocycles. The van der Waals surface area contributed by atoms with Gasteiger partial charge < -0.3 is 10.5 Å². The Labute approximate surface area is 96.2 Å². The number of aromatic amines is 1. The van der Waals surface area contributed by atoms with Crippen molar-refractivity contribution >= 4 is 17.4 Å². The molecule has 1 heterocycles. The Kier molecular flexibility index (Phi) is 2.70. The Hall–Kier alpha value is -1.75. The largest absolute Gasteiger partial charge is 0.494 e. The molecule has 16 heavy (non-hydrogen) atoms. The number of anilines is 1. The number of nitrogens with two attached hydrogens (primary N) is 1. The maximum absolute atomic E-state index is 13.2. The summed E-state index contributed by atoms with van der Waals surface area (Å²) in [5, 5.41) is 6.63. The molecule has 0 atom stereocenters. The lowest BCUT2D eigenvalue weighted by atomic mass is 10.1. The van der Waals surface area contributed by atoms with Crippen LogP contribution in [0, 0.1) is 5.82 Å². The van der Waals surface area contributed by atoms with Gasteiger partial charge in [-0.05, 0) is 12.1 Å². The average Bonchev–Trinajstić information content (AvgIpc) is 2.63. The molecule has 4 nitrogen and oxygen atoms in total. The van der Waals surface area contributed by atoms with E-state index in [2.05, 4.69) is 10.2 Å². The first kappa shape index (κ1) is 10.8. The molecular formula is C10H9ClFN3O.